The Morgan fingerprint density at radius 3 is 1.53 bits per heavy atom. The van der Waals surface area contributed by atoms with Crippen molar-refractivity contribution in [3.8, 4) is 0 Å². The molecular weight excluding hydrogens is 641 g/mol. The van der Waals surface area contributed by atoms with E-state index in [1.165, 1.54) is 128 Å². The molecule has 0 bridgehead atoms. The molecule has 0 saturated carbocycles. The van der Waals surface area contributed by atoms with Crippen molar-refractivity contribution in [1.82, 2.24) is 5.32 Å². The number of aliphatic hydroxyl groups excluding tert-OH is 1. The lowest BCUT2D eigenvalue weighted by Gasteiger charge is -2.15. The number of carbonyl (C=O) groups is 2. The SMILES string of the molecule is CCCCCCCC/C=C/CCCCCCCCCCCC(=O)OCC(O)COP(=O)(O)OCCNC(=O)CCCCCCCCCCC. The Balaban J connectivity index is 3.57. The van der Waals surface area contributed by atoms with Crippen molar-refractivity contribution in [2.24, 2.45) is 0 Å². The van der Waals surface area contributed by atoms with Gasteiger partial charge in [0.1, 0.15) is 12.7 Å². The highest BCUT2D eigenvalue weighted by Gasteiger charge is 2.23. The molecule has 1 amide bonds. The molecule has 9 nitrogen and oxygen atoms in total. The topological polar surface area (TPSA) is 131 Å². The number of aliphatic hydroxyl groups is 1. The quantitative estimate of drug-likeness (QED) is 0.0249. The second kappa shape index (κ2) is 36.5. The molecule has 0 aliphatic heterocycles. The van der Waals surface area contributed by atoms with Crippen molar-refractivity contribution >= 4 is 19.7 Å². The first-order valence-corrected chi connectivity index (χ1v) is 21.7. The second-order valence-electron chi connectivity index (χ2n) is 13.6. The molecule has 0 saturated heterocycles. The van der Waals surface area contributed by atoms with Gasteiger partial charge in [-0.1, -0.05) is 154 Å². The summed E-state index contributed by atoms with van der Waals surface area (Å²) in [6.45, 7) is 3.53. The van der Waals surface area contributed by atoms with Crippen molar-refractivity contribution in [3.63, 3.8) is 0 Å². The molecule has 10 heteroatoms. The molecule has 0 aromatic carbocycles. The van der Waals surface area contributed by atoms with Gasteiger partial charge in [-0.3, -0.25) is 18.6 Å². The van der Waals surface area contributed by atoms with Crippen LogP contribution in [0.25, 0.3) is 0 Å². The van der Waals surface area contributed by atoms with Gasteiger partial charge < -0.3 is 20.1 Å². The number of carbonyl (C=O) groups excluding carboxylic acids is 2. The van der Waals surface area contributed by atoms with E-state index in [9.17, 15) is 24.2 Å². The molecule has 0 aliphatic rings. The number of amides is 1. The van der Waals surface area contributed by atoms with E-state index in [-0.39, 0.29) is 32.1 Å². The van der Waals surface area contributed by atoms with Gasteiger partial charge in [-0.15, -0.1) is 0 Å². The number of ether oxygens (including phenoxy) is 1. The average Bonchev–Trinajstić information content (AvgIpc) is 3.08. The summed E-state index contributed by atoms with van der Waals surface area (Å²) < 4.78 is 26.8. The summed E-state index contributed by atoms with van der Waals surface area (Å²) in [6, 6.07) is 0. The van der Waals surface area contributed by atoms with Gasteiger partial charge in [0, 0.05) is 19.4 Å². The van der Waals surface area contributed by atoms with Gasteiger partial charge in [-0.05, 0) is 38.5 Å². The predicted octanol–water partition coefficient (Wildman–Crippen LogP) is 10.7. The zero-order valence-electron chi connectivity index (χ0n) is 31.7. The number of phosphoric ester groups is 1. The highest BCUT2D eigenvalue weighted by Crippen LogP contribution is 2.42. The molecule has 0 aliphatic carbocycles. The fourth-order valence-corrected chi connectivity index (χ4v) is 6.37. The monoisotopic (exact) mass is 718 g/mol. The Morgan fingerprint density at radius 2 is 1.04 bits per heavy atom. The fourth-order valence-electron chi connectivity index (χ4n) is 5.61. The van der Waals surface area contributed by atoms with E-state index >= 15 is 0 Å². The molecule has 0 rings (SSSR count). The average molecular weight is 718 g/mol. The van der Waals surface area contributed by atoms with Crippen molar-refractivity contribution in [1.29, 1.82) is 0 Å². The Labute approximate surface area is 300 Å². The van der Waals surface area contributed by atoms with Crippen LogP contribution in [0.1, 0.15) is 194 Å². The van der Waals surface area contributed by atoms with Gasteiger partial charge in [0.2, 0.25) is 5.91 Å². The molecule has 0 aromatic rings. The van der Waals surface area contributed by atoms with E-state index < -0.39 is 26.5 Å². The molecule has 0 fully saturated rings. The van der Waals surface area contributed by atoms with E-state index in [1.54, 1.807) is 0 Å². The third-order valence-electron chi connectivity index (χ3n) is 8.70. The molecule has 0 spiro atoms. The number of esters is 1. The van der Waals surface area contributed by atoms with Crippen LogP contribution < -0.4 is 5.32 Å². The first-order valence-electron chi connectivity index (χ1n) is 20.2. The van der Waals surface area contributed by atoms with Crippen LogP contribution in [0.4, 0.5) is 0 Å². The molecule has 0 heterocycles. The number of unbranched alkanes of at least 4 members (excludes halogenated alkanes) is 23. The highest BCUT2D eigenvalue weighted by atomic mass is 31.2. The molecule has 0 radical (unpaired) electrons. The van der Waals surface area contributed by atoms with E-state index in [4.69, 9.17) is 13.8 Å². The number of hydrogen-bond donors (Lipinski definition) is 3. The zero-order valence-corrected chi connectivity index (χ0v) is 32.5. The van der Waals surface area contributed by atoms with Gasteiger partial charge >= 0.3 is 13.8 Å². The third-order valence-corrected chi connectivity index (χ3v) is 9.68. The van der Waals surface area contributed by atoms with Crippen LogP contribution in [0.3, 0.4) is 0 Å². The summed E-state index contributed by atoms with van der Waals surface area (Å²) in [5, 5.41) is 12.6. The van der Waals surface area contributed by atoms with Crippen LogP contribution in [-0.4, -0.2) is 54.3 Å². The van der Waals surface area contributed by atoms with Crippen LogP contribution in [0, 0.1) is 0 Å². The summed E-state index contributed by atoms with van der Waals surface area (Å²) in [4.78, 5) is 33.7. The number of hydrogen-bond acceptors (Lipinski definition) is 7. The molecule has 2 unspecified atom stereocenters. The lowest BCUT2D eigenvalue weighted by Crippen LogP contribution is -2.27. The van der Waals surface area contributed by atoms with E-state index in [2.05, 4.69) is 31.3 Å². The zero-order chi connectivity index (χ0) is 36.1. The van der Waals surface area contributed by atoms with Crippen LogP contribution in [-0.2, 0) is 27.9 Å². The van der Waals surface area contributed by atoms with Gasteiger partial charge in [0.25, 0.3) is 0 Å². The largest absolute Gasteiger partial charge is 0.472 e. The maximum atomic E-state index is 12.0. The summed E-state index contributed by atoms with van der Waals surface area (Å²) in [5.74, 6) is -0.516. The van der Waals surface area contributed by atoms with Crippen LogP contribution >= 0.6 is 7.82 Å². The molecule has 3 N–H and O–H groups in total. The van der Waals surface area contributed by atoms with Crippen LogP contribution in [0.5, 0.6) is 0 Å². The number of rotatable bonds is 38. The van der Waals surface area contributed by atoms with Gasteiger partial charge in [-0.2, -0.15) is 0 Å². The third kappa shape index (κ3) is 37.8. The van der Waals surface area contributed by atoms with Crippen molar-refractivity contribution in [3.05, 3.63) is 12.2 Å². The maximum absolute atomic E-state index is 12.0. The van der Waals surface area contributed by atoms with Crippen molar-refractivity contribution in [2.75, 3.05) is 26.4 Å². The first kappa shape index (κ1) is 47.8. The lowest BCUT2D eigenvalue weighted by atomic mass is 10.1. The standard InChI is InChI=1S/C39H76NO8P/c1-3-5-7-9-11-13-14-15-16-17-18-19-20-21-22-24-26-28-30-32-39(43)46-35-37(41)36-48-49(44,45)47-34-33-40-38(42)31-29-27-25-23-12-10-8-6-4-2/h15-16,37,41H,3-14,17-36H2,1-2H3,(H,40,42)(H,44,45)/b16-15+. The molecule has 0 aromatic heterocycles. The summed E-state index contributed by atoms with van der Waals surface area (Å²) in [5.41, 5.74) is 0. The predicted molar refractivity (Wildman–Crippen MR) is 201 cm³/mol. The molecule has 2 atom stereocenters. The number of nitrogens with one attached hydrogen (secondary N) is 1. The minimum Gasteiger partial charge on any atom is -0.463 e. The Morgan fingerprint density at radius 1 is 0.612 bits per heavy atom. The van der Waals surface area contributed by atoms with Gasteiger partial charge in [-0.25, -0.2) is 4.57 Å². The maximum Gasteiger partial charge on any atom is 0.472 e. The molecule has 290 valence electrons. The summed E-state index contributed by atoms with van der Waals surface area (Å²) >= 11 is 0. The smallest absolute Gasteiger partial charge is 0.463 e. The second-order valence-corrected chi connectivity index (χ2v) is 15.1. The molecular formula is C39H76NO8P. The highest BCUT2D eigenvalue weighted by molar-refractivity contribution is 7.47. The summed E-state index contributed by atoms with van der Waals surface area (Å²) in [7, 11) is -4.40. The van der Waals surface area contributed by atoms with E-state index in [1.807, 2.05) is 0 Å². The minimum atomic E-state index is -4.40. The van der Waals surface area contributed by atoms with E-state index in [0.717, 1.165) is 38.5 Å². The normalized spacial score (nSPS) is 13.5. The Hall–Kier alpha value is -1.25. The number of allylic oxidation sites excluding steroid dienone is 2. The van der Waals surface area contributed by atoms with Crippen molar-refractivity contribution in [2.45, 2.75) is 200 Å². The van der Waals surface area contributed by atoms with Crippen LogP contribution in [0.2, 0.25) is 0 Å². The van der Waals surface area contributed by atoms with Crippen molar-refractivity contribution < 1.29 is 37.9 Å². The number of phosphoric acid groups is 1. The van der Waals surface area contributed by atoms with E-state index in [0.29, 0.717) is 6.42 Å². The Bertz CT molecular complexity index is 825. The fraction of sp³-hybridized carbons (Fsp3) is 0.897. The minimum absolute atomic E-state index is 0.0851. The Kier molecular flexibility index (Phi) is 35.6. The van der Waals surface area contributed by atoms with Gasteiger partial charge in [0.05, 0.1) is 13.2 Å². The lowest BCUT2D eigenvalue weighted by molar-refractivity contribution is -0.147. The first-order chi connectivity index (χ1) is 23.8. The summed E-state index contributed by atoms with van der Waals surface area (Å²) in [6.07, 6.45) is 35.7. The molecule has 49 heavy (non-hydrogen) atoms. The van der Waals surface area contributed by atoms with Crippen LogP contribution in [0.15, 0.2) is 12.2 Å². The van der Waals surface area contributed by atoms with Gasteiger partial charge in [0.15, 0.2) is 0 Å².